The van der Waals surface area contributed by atoms with Gasteiger partial charge in [0.15, 0.2) is 0 Å². The molecule has 0 spiro atoms. The van der Waals surface area contributed by atoms with E-state index in [0.29, 0.717) is 6.04 Å². The van der Waals surface area contributed by atoms with Crippen LogP contribution in [0.1, 0.15) is 6.92 Å². The third-order valence-corrected chi connectivity index (χ3v) is 0.825. The Morgan fingerprint density at radius 3 is 2.50 bits per heavy atom. The van der Waals surface area contributed by atoms with Crippen LogP contribution in [-0.4, -0.2) is 12.6 Å². The molecule has 1 nitrogen and oxygen atoms in total. The first-order valence-corrected chi connectivity index (χ1v) is 2.35. The minimum Gasteiger partial charge on any atom is -0.308 e. The average Bonchev–Trinajstić information content (AvgIpc) is 2.21. The summed E-state index contributed by atoms with van der Waals surface area (Å²) in [5.74, 6) is 0. The fourth-order valence-electron chi connectivity index (χ4n) is 0.427. The molecule has 0 unspecified atom stereocenters. The van der Waals surface area contributed by atoms with Crippen molar-refractivity contribution in [2.24, 2.45) is 0 Å². The van der Waals surface area contributed by atoms with Crippen LogP contribution in [0.5, 0.6) is 0 Å². The second-order valence-electron chi connectivity index (χ2n) is 1.47. The molecule has 0 heterocycles. The lowest BCUT2D eigenvalue weighted by atomic mass is 10.6. The van der Waals surface area contributed by atoms with Gasteiger partial charge in [-0.2, -0.15) is 0 Å². The summed E-state index contributed by atoms with van der Waals surface area (Å²) in [6.45, 7) is 3.19. The monoisotopic (exact) mass is 83.1 g/mol. The Morgan fingerprint density at radius 2 is 2.33 bits per heavy atom. The van der Waals surface area contributed by atoms with Gasteiger partial charge in [0.2, 0.25) is 0 Å². The van der Waals surface area contributed by atoms with E-state index in [1.807, 2.05) is 0 Å². The van der Waals surface area contributed by atoms with Gasteiger partial charge in [-0.3, -0.25) is 0 Å². The van der Waals surface area contributed by atoms with Crippen LogP contribution in [0.2, 0.25) is 0 Å². The van der Waals surface area contributed by atoms with Crippen LogP contribution in [0.15, 0.2) is 12.2 Å². The highest BCUT2D eigenvalue weighted by molar-refractivity contribution is 5.19. The first-order chi connectivity index (χ1) is 2.93. The quantitative estimate of drug-likeness (QED) is 0.480. The molecule has 34 valence electrons. The topological polar surface area (TPSA) is 12.0 Å². The van der Waals surface area contributed by atoms with Gasteiger partial charge < -0.3 is 5.32 Å². The Kier molecular flexibility index (Phi) is 0.926. The highest BCUT2D eigenvalue weighted by atomic mass is 14.9. The predicted octanol–water partition coefficient (Wildman–Crippen LogP) is 0.534. The van der Waals surface area contributed by atoms with E-state index in [2.05, 4.69) is 24.4 Å². The van der Waals surface area contributed by atoms with E-state index in [0.717, 1.165) is 6.54 Å². The van der Waals surface area contributed by atoms with E-state index < -0.39 is 0 Å². The Morgan fingerprint density at radius 1 is 1.67 bits per heavy atom. The van der Waals surface area contributed by atoms with Crippen LogP contribution in [0, 0.1) is 0 Å². The molecule has 1 N–H and O–H groups in total. The van der Waals surface area contributed by atoms with Crippen LogP contribution in [-0.2, 0) is 0 Å². The fourth-order valence-corrected chi connectivity index (χ4v) is 0.427. The molecule has 0 aromatic carbocycles. The lowest BCUT2D eigenvalue weighted by Gasteiger charge is -1.90. The van der Waals surface area contributed by atoms with Crippen molar-refractivity contribution in [1.82, 2.24) is 5.32 Å². The molecule has 0 fully saturated rings. The Hall–Kier alpha value is -0.300. The minimum absolute atomic E-state index is 0.648. The molecule has 0 atom stereocenters. The number of rotatable bonds is 2. The van der Waals surface area contributed by atoms with Gasteiger partial charge in [0.05, 0.1) is 0 Å². The van der Waals surface area contributed by atoms with Gasteiger partial charge in [-0.15, -0.1) is 0 Å². The number of hydrogen-bond acceptors (Lipinski definition) is 1. The van der Waals surface area contributed by atoms with Crippen LogP contribution < -0.4 is 5.32 Å². The zero-order valence-corrected chi connectivity index (χ0v) is 3.94. The molecule has 0 radical (unpaired) electrons. The van der Waals surface area contributed by atoms with Crippen molar-refractivity contribution in [3.05, 3.63) is 12.2 Å². The second-order valence-corrected chi connectivity index (χ2v) is 1.47. The molecule has 1 aliphatic carbocycles. The highest BCUT2D eigenvalue weighted by Crippen LogP contribution is 2.01. The minimum atomic E-state index is 0.648. The summed E-state index contributed by atoms with van der Waals surface area (Å²) in [4.78, 5) is 0. The van der Waals surface area contributed by atoms with Crippen molar-refractivity contribution in [2.45, 2.75) is 13.0 Å². The first-order valence-electron chi connectivity index (χ1n) is 2.35. The average molecular weight is 83.1 g/mol. The zero-order valence-electron chi connectivity index (χ0n) is 3.94. The number of nitrogens with one attached hydrogen (secondary N) is 1. The van der Waals surface area contributed by atoms with Gasteiger partial charge in [-0.05, 0) is 6.54 Å². The summed E-state index contributed by atoms with van der Waals surface area (Å²) in [6.07, 6.45) is 4.28. The molecule has 0 aliphatic heterocycles. The molecule has 1 aliphatic rings. The molecule has 0 saturated carbocycles. The summed E-state index contributed by atoms with van der Waals surface area (Å²) >= 11 is 0. The van der Waals surface area contributed by atoms with E-state index in [1.54, 1.807) is 0 Å². The predicted molar refractivity (Wildman–Crippen MR) is 26.6 cm³/mol. The lowest BCUT2D eigenvalue weighted by molar-refractivity contribution is 0.757. The normalized spacial score (nSPS) is 18.8. The van der Waals surface area contributed by atoms with Crippen molar-refractivity contribution in [2.75, 3.05) is 6.54 Å². The Labute approximate surface area is 38.1 Å². The fraction of sp³-hybridized carbons (Fsp3) is 0.600. The summed E-state index contributed by atoms with van der Waals surface area (Å²) in [5, 5.41) is 3.21. The maximum absolute atomic E-state index is 3.21. The summed E-state index contributed by atoms with van der Waals surface area (Å²) in [7, 11) is 0. The molecule has 0 saturated heterocycles. The first kappa shape index (κ1) is 3.88. The maximum atomic E-state index is 3.21. The molecular formula is C5H9N. The van der Waals surface area contributed by atoms with E-state index in [9.17, 15) is 0 Å². The molecular weight excluding hydrogens is 74.1 g/mol. The van der Waals surface area contributed by atoms with E-state index in [-0.39, 0.29) is 0 Å². The Balaban J connectivity index is 1.90. The van der Waals surface area contributed by atoms with Gasteiger partial charge in [0.25, 0.3) is 0 Å². The van der Waals surface area contributed by atoms with Gasteiger partial charge in [0.1, 0.15) is 0 Å². The summed E-state index contributed by atoms with van der Waals surface area (Å²) in [6, 6.07) is 0.648. The van der Waals surface area contributed by atoms with Gasteiger partial charge in [0, 0.05) is 6.04 Å². The lowest BCUT2D eigenvalue weighted by Crippen LogP contribution is -2.15. The molecule has 6 heavy (non-hydrogen) atoms. The second kappa shape index (κ2) is 1.43. The third-order valence-electron chi connectivity index (χ3n) is 0.825. The zero-order chi connectivity index (χ0) is 4.41. The Bertz CT molecular complexity index is 60.3. The van der Waals surface area contributed by atoms with Gasteiger partial charge in [-0.1, -0.05) is 19.1 Å². The van der Waals surface area contributed by atoms with Crippen molar-refractivity contribution in [3.8, 4) is 0 Å². The molecule has 0 bridgehead atoms. The largest absolute Gasteiger partial charge is 0.308 e. The molecule has 1 heteroatoms. The number of hydrogen-bond donors (Lipinski definition) is 1. The third kappa shape index (κ3) is 0.830. The number of likely N-dealkylation sites (N-methyl/N-ethyl adjacent to an activating group) is 1. The van der Waals surface area contributed by atoms with Crippen LogP contribution in [0.25, 0.3) is 0 Å². The van der Waals surface area contributed by atoms with E-state index in [1.165, 1.54) is 0 Å². The van der Waals surface area contributed by atoms with E-state index >= 15 is 0 Å². The van der Waals surface area contributed by atoms with Crippen LogP contribution in [0.3, 0.4) is 0 Å². The smallest absolute Gasteiger partial charge is 0.0436 e. The highest BCUT2D eigenvalue weighted by Gasteiger charge is 2.05. The van der Waals surface area contributed by atoms with Crippen molar-refractivity contribution in [3.63, 3.8) is 0 Å². The van der Waals surface area contributed by atoms with Gasteiger partial charge in [-0.25, -0.2) is 0 Å². The van der Waals surface area contributed by atoms with Crippen molar-refractivity contribution in [1.29, 1.82) is 0 Å². The van der Waals surface area contributed by atoms with Crippen molar-refractivity contribution >= 4 is 0 Å². The van der Waals surface area contributed by atoms with Crippen LogP contribution in [0.4, 0.5) is 0 Å². The van der Waals surface area contributed by atoms with Crippen LogP contribution >= 0.6 is 0 Å². The summed E-state index contributed by atoms with van der Waals surface area (Å²) in [5.41, 5.74) is 0. The summed E-state index contributed by atoms with van der Waals surface area (Å²) < 4.78 is 0. The van der Waals surface area contributed by atoms with E-state index in [4.69, 9.17) is 0 Å². The SMILES string of the molecule is CCNC1C=C1. The van der Waals surface area contributed by atoms with Crippen molar-refractivity contribution < 1.29 is 0 Å². The molecule has 1 rings (SSSR count). The standard InChI is InChI=1S/C5H9N/c1-2-6-5-3-4-5/h3-6H,2H2,1H3. The molecule has 0 amide bonds. The molecule has 0 aromatic heterocycles. The van der Waals surface area contributed by atoms with Gasteiger partial charge >= 0.3 is 0 Å². The molecule has 0 aromatic rings. The maximum Gasteiger partial charge on any atom is 0.0436 e.